The molecule has 0 fully saturated rings. The van der Waals surface area contributed by atoms with E-state index in [2.05, 4.69) is 5.43 Å². The van der Waals surface area contributed by atoms with Crippen molar-refractivity contribution in [1.82, 2.24) is 4.68 Å². The number of aromatic nitrogens is 1. The molecule has 0 amide bonds. The van der Waals surface area contributed by atoms with Gasteiger partial charge in [0.25, 0.3) is 0 Å². The van der Waals surface area contributed by atoms with Crippen LogP contribution in [-0.2, 0) is 0 Å². The minimum absolute atomic E-state index is 0.482. The molecule has 0 atom stereocenters. The number of hydrogen-bond donors (Lipinski definition) is 2. The highest BCUT2D eigenvalue weighted by molar-refractivity contribution is 5.20. The smallest absolute Gasteiger partial charge is 0.143 e. The summed E-state index contributed by atoms with van der Waals surface area (Å²) in [5.74, 6) is 0. The highest BCUT2D eigenvalue weighted by Gasteiger charge is 1.93. The average molecular weight is 151 g/mol. The fourth-order valence-electron chi connectivity index (χ4n) is 0.938. The Morgan fingerprint density at radius 3 is 2.55 bits per heavy atom. The first-order valence-electron chi connectivity index (χ1n) is 3.57. The highest BCUT2D eigenvalue weighted by atomic mass is 15.4. The van der Waals surface area contributed by atoms with Crippen molar-refractivity contribution < 1.29 is 0 Å². The van der Waals surface area contributed by atoms with Crippen LogP contribution < -0.4 is 10.9 Å². The lowest BCUT2D eigenvalue weighted by Gasteiger charge is -2.07. The topological polar surface area (TPSA) is 40.8 Å². The van der Waals surface area contributed by atoms with E-state index in [1.54, 1.807) is 11.7 Å². The van der Waals surface area contributed by atoms with Crippen LogP contribution in [0.2, 0.25) is 0 Å². The molecular formula is C8H13N3. The summed E-state index contributed by atoms with van der Waals surface area (Å²) < 4.78 is 1.68. The van der Waals surface area contributed by atoms with Crippen molar-refractivity contribution in [1.29, 1.82) is 5.41 Å². The summed E-state index contributed by atoms with van der Waals surface area (Å²) in [5, 5.41) is 7.51. The molecule has 0 aliphatic heterocycles. The molecule has 3 nitrogen and oxygen atoms in total. The molecule has 1 heterocycles. The van der Waals surface area contributed by atoms with E-state index in [1.165, 1.54) is 5.56 Å². The molecule has 60 valence electrons. The van der Waals surface area contributed by atoms with Gasteiger partial charge in [0.05, 0.1) is 0 Å². The summed E-state index contributed by atoms with van der Waals surface area (Å²) >= 11 is 0. The molecule has 0 aliphatic rings. The lowest BCUT2D eigenvalue weighted by atomic mass is 10.2. The van der Waals surface area contributed by atoms with Crippen molar-refractivity contribution in [3.63, 3.8) is 0 Å². The molecular weight excluding hydrogens is 138 g/mol. The highest BCUT2D eigenvalue weighted by Crippen LogP contribution is 1.99. The third kappa shape index (κ3) is 1.42. The van der Waals surface area contributed by atoms with Crippen molar-refractivity contribution in [2.75, 3.05) is 12.5 Å². The largest absolute Gasteiger partial charge is 0.328 e. The molecule has 0 radical (unpaired) electrons. The fourth-order valence-corrected chi connectivity index (χ4v) is 0.938. The molecule has 0 unspecified atom stereocenters. The molecule has 0 saturated carbocycles. The van der Waals surface area contributed by atoms with Gasteiger partial charge in [0, 0.05) is 13.2 Å². The van der Waals surface area contributed by atoms with Gasteiger partial charge in [-0.1, -0.05) is 0 Å². The molecule has 1 aromatic heterocycles. The Bertz CT molecular complexity index is 312. The first-order chi connectivity index (χ1) is 5.15. The van der Waals surface area contributed by atoms with E-state index in [4.69, 9.17) is 5.41 Å². The van der Waals surface area contributed by atoms with E-state index in [0.29, 0.717) is 5.49 Å². The fraction of sp³-hybridized carbons (Fsp3) is 0.375. The molecule has 0 aromatic carbocycles. The Morgan fingerprint density at radius 2 is 2.00 bits per heavy atom. The summed E-state index contributed by atoms with van der Waals surface area (Å²) in [5.41, 5.74) is 5.72. The molecule has 1 aromatic rings. The maximum atomic E-state index is 7.51. The van der Waals surface area contributed by atoms with Crippen molar-refractivity contribution >= 4 is 0 Å². The summed E-state index contributed by atoms with van der Waals surface area (Å²) in [6.07, 6.45) is 1.91. The maximum absolute atomic E-state index is 7.51. The predicted molar refractivity (Wildman–Crippen MR) is 45.0 cm³/mol. The lowest BCUT2D eigenvalue weighted by molar-refractivity contribution is 0.817. The van der Waals surface area contributed by atoms with Crippen molar-refractivity contribution in [2.45, 2.75) is 13.8 Å². The molecule has 11 heavy (non-hydrogen) atoms. The van der Waals surface area contributed by atoms with Gasteiger partial charge >= 0.3 is 0 Å². The number of nitrogens with zero attached hydrogens (tertiary/aromatic N) is 1. The predicted octanol–water partition coefficient (Wildman–Crippen LogP) is 0.758. The normalized spacial score (nSPS) is 9.73. The molecule has 3 heteroatoms. The quantitative estimate of drug-likeness (QED) is 0.611. The second kappa shape index (κ2) is 2.78. The van der Waals surface area contributed by atoms with Crippen LogP contribution >= 0.6 is 0 Å². The van der Waals surface area contributed by atoms with Crippen LogP contribution in [0.1, 0.15) is 11.1 Å². The van der Waals surface area contributed by atoms with E-state index >= 15 is 0 Å². The Hall–Kier alpha value is -1.25. The molecule has 0 bridgehead atoms. The van der Waals surface area contributed by atoms with Crippen molar-refractivity contribution in [3.05, 3.63) is 28.9 Å². The minimum Gasteiger partial charge on any atom is -0.328 e. The van der Waals surface area contributed by atoms with Crippen molar-refractivity contribution in [3.8, 4) is 0 Å². The summed E-state index contributed by atoms with van der Waals surface area (Å²) in [7, 11) is 1.80. The zero-order chi connectivity index (χ0) is 8.43. The van der Waals surface area contributed by atoms with Crippen LogP contribution in [0.3, 0.4) is 0 Å². The first-order valence-corrected chi connectivity index (χ1v) is 3.57. The minimum atomic E-state index is 0.482. The Labute approximate surface area is 66.2 Å². The molecule has 0 spiro atoms. The summed E-state index contributed by atoms with van der Waals surface area (Å²) in [6.45, 7) is 4.04. The monoisotopic (exact) mass is 151 g/mol. The van der Waals surface area contributed by atoms with Gasteiger partial charge < -0.3 is 5.43 Å². The Kier molecular flexibility index (Phi) is 1.98. The van der Waals surface area contributed by atoms with Crippen LogP contribution in [0.15, 0.2) is 12.3 Å². The number of hydrogen-bond acceptors (Lipinski definition) is 2. The van der Waals surface area contributed by atoms with Crippen LogP contribution in [0.4, 0.5) is 0 Å². The van der Waals surface area contributed by atoms with Gasteiger partial charge in [-0.25, -0.2) is 0 Å². The number of aryl methyl sites for hydroxylation is 2. The molecule has 2 N–H and O–H groups in total. The zero-order valence-electron chi connectivity index (χ0n) is 7.10. The van der Waals surface area contributed by atoms with Crippen molar-refractivity contribution in [2.24, 2.45) is 0 Å². The zero-order valence-corrected chi connectivity index (χ0v) is 7.10. The summed E-state index contributed by atoms with van der Waals surface area (Å²) in [4.78, 5) is 0. The first kappa shape index (κ1) is 7.85. The second-order valence-corrected chi connectivity index (χ2v) is 2.62. The van der Waals surface area contributed by atoms with Crippen LogP contribution in [-0.4, -0.2) is 11.7 Å². The van der Waals surface area contributed by atoms with Gasteiger partial charge in [0.2, 0.25) is 0 Å². The van der Waals surface area contributed by atoms with Gasteiger partial charge in [-0.3, -0.25) is 10.1 Å². The van der Waals surface area contributed by atoms with E-state index in [9.17, 15) is 0 Å². The Balaban J connectivity index is 3.32. The van der Waals surface area contributed by atoms with Gasteiger partial charge in [0.1, 0.15) is 5.49 Å². The lowest BCUT2D eigenvalue weighted by Crippen LogP contribution is -2.26. The molecule has 0 aliphatic carbocycles. The van der Waals surface area contributed by atoms with Crippen LogP contribution in [0.5, 0.6) is 0 Å². The maximum Gasteiger partial charge on any atom is 0.143 e. The Morgan fingerprint density at radius 1 is 1.36 bits per heavy atom. The number of rotatable bonds is 1. The second-order valence-electron chi connectivity index (χ2n) is 2.62. The number of nitrogens with one attached hydrogen (secondary N) is 2. The third-order valence-electron chi connectivity index (χ3n) is 1.80. The molecule has 1 rings (SSSR count). The standard InChI is InChI=1S/C8H13N3/c1-6-4-8(9)11(10-3)5-7(6)2/h4-5,9-10H,1-3H3. The van der Waals surface area contributed by atoms with Gasteiger partial charge in [-0.2, -0.15) is 0 Å². The summed E-state index contributed by atoms with van der Waals surface area (Å²) in [6, 6.07) is 1.84. The van der Waals surface area contributed by atoms with Crippen LogP contribution in [0, 0.1) is 19.3 Å². The molecule has 0 saturated heterocycles. The van der Waals surface area contributed by atoms with Gasteiger partial charge in [-0.15, -0.1) is 0 Å². The van der Waals surface area contributed by atoms with Gasteiger partial charge in [0.15, 0.2) is 0 Å². The average Bonchev–Trinajstić information content (AvgIpc) is 1.97. The van der Waals surface area contributed by atoms with Crippen LogP contribution in [0.25, 0.3) is 0 Å². The SMILES string of the molecule is CNn1cc(C)c(C)cc1=N. The van der Waals surface area contributed by atoms with Gasteiger partial charge in [-0.05, 0) is 31.0 Å². The van der Waals surface area contributed by atoms with E-state index in [-0.39, 0.29) is 0 Å². The van der Waals surface area contributed by atoms with E-state index in [0.717, 1.165) is 5.56 Å². The third-order valence-corrected chi connectivity index (χ3v) is 1.80. The number of pyridine rings is 1. The van der Waals surface area contributed by atoms with E-state index < -0.39 is 0 Å². The van der Waals surface area contributed by atoms with E-state index in [1.807, 2.05) is 26.1 Å².